The van der Waals surface area contributed by atoms with E-state index in [-0.39, 0.29) is 5.41 Å². The van der Waals surface area contributed by atoms with Gasteiger partial charge in [0.25, 0.3) is 0 Å². The maximum absolute atomic E-state index is 12.5. The monoisotopic (exact) mass is 401 g/mol. The lowest BCUT2D eigenvalue weighted by Gasteiger charge is -2.29. The summed E-state index contributed by atoms with van der Waals surface area (Å²) in [5.41, 5.74) is -6.41. The third-order valence-corrected chi connectivity index (χ3v) is 4.42. The zero-order valence-electron chi connectivity index (χ0n) is 15.8. The van der Waals surface area contributed by atoms with Gasteiger partial charge in [0.2, 0.25) is 0 Å². The third-order valence-electron chi connectivity index (χ3n) is 3.42. The fourth-order valence-electron chi connectivity index (χ4n) is 2.23. The van der Waals surface area contributed by atoms with E-state index in [1.165, 1.54) is 11.0 Å². The molecule has 26 heavy (non-hydrogen) atoms. The molecule has 0 spiro atoms. The molecule has 0 saturated carbocycles. The van der Waals surface area contributed by atoms with Crippen LogP contribution in [-0.4, -0.2) is 43.1 Å². The van der Waals surface area contributed by atoms with Crippen LogP contribution in [0.4, 0.5) is 18.0 Å². The van der Waals surface area contributed by atoms with Crippen molar-refractivity contribution in [1.29, 1.82) is 0 Å². The Morgan fingerprint density at radius 3 is 2.15 bits per heavy atom. The lowest BCUT2D eigenvalue weighted by Crippen LogP contribution is -2.41. The summed E-state index contributed by atoms with van der Waals surface area (Å²) in [5.74, 6) is -0.438. The van der Waals surface area contributed by atoms with E-state index >= 15 is 0 Å². The number of nitrogens with zero attached hydrogens (tertiary/aromatic N) is 1. The predicted octanol–water partition coefficient (Wildman–Crippen LogP) is 4.18. The molecule has 1 atom stereocenters. The minimum atomic E-state index is -5.78. The minimum Gasteiger partial charge on any atom is -0.444 e. The molecule has 0 aliphatic carbocycles. The molecule has 1 aliphatic heterocycles. The summed E-state index contributed by atoms with van der Waals surface area (Å²) in [7, 11) is -5.78. The van der Waals surface area contributed by atoms with Crippen molar-refractivity contribution in [2.45, 2.75) is 71.5 Å². The minimum absolute atomic E-state index is 0.0743. The molecule has 1 unspecified atom stereocenters. The van der Waals surface area contributed by atoms with E-state index in [4.69, 9.17) is 4.74 Å². The molecule has 0 N–H and O–H groups in total. The normalized spacial score (nSPS) is 19.3. The lowest BCUT2D eigenvalue weighted by atomic mass is 9.88. The van der Waals surface area contributed by atoms with Crippen LogP contribution in [0.3, 0.4) is 0 Å². The van der Waals surface area contributed by atoms with E-state index in [1.807, 2.05) is 20.8 Å². The first-order valence-corrected chi connectivity index (χ1v) is 9.53. The summed E-state index contributed by atoms with van der Waals surface area (Å²) in [6.45, 7) is 10.5. The number of amides is 1. The Morgan fingerprint density at radius 2 is 1.73 bits per heavy atom. The van der Waals surface area contributed by atoms with Gasteiger partial charge in [-0.2, -0.15) is 21.6 Å². The van der Waals surface area contributed by atoms with Gasteiger partial charge in [0.1, 0.15) is 11.4 Å². The lowest BCUT2D eigenvalue weighted by molar-refractivity contribution is -0.0523. The summed E-state index contributed by atoms with van der Waals surface area (Å²) in [4.78, 5) is 13.5. The van der Waals surface area contributed by atoms with E-state index in [1.54, 1.807) is 20.8 Å². The van der Waals surface area contributed by atoms with Gasteiger partial charge in [-0.05, 0) is 45.1 Å². The molecule has 1 aliphatic rings. The van der Waals surface area contributed by atoms with Crippen molar-refractivity contribution >= 4 is 16.2 Å². The van der Waals surface area contributed by atoms with E-state index in [0.29, 0.717) is 12.8 Å². The molecule has 0 aromatic rings. The van der Waals surface area contributed by atoms with Crippen molar-refractivity contribution in [2.75, 3.05) is 6.54 Å². The molecule has 10 heteroatoms. The van der Waals surface area contributed by atoms with E-state index in [9.17, 15) is 26.4 Å². The Hall–Kier alpha value is -1.45. The fraction of sp³-hybridized carbons (Fsp3) is 0.812. The molecular weight excluding hydrogens is 375 g/mol. The fourth-order valence-corrected chi connectivity index (χ4v) is 2.71. The standard InChI is InChI=1S/C16H26F3NO5S/c1-14(2,3)8-7-11-9-12(25-26(22,23)16(17,18)19)10-20(11)13(21)24-15(4,5)6/h9,11H,7-8,10H2,1-6H3. The Bertz CT molecular complexity index is 657. The SMILES string of the molecule is CC(C)(C)CCC1C=C(OS(=O)(=O)C(F)(F)F)CN1C(=O)OC(C)(C)C. The zero-order valence-corrected chi connectivity index (χ0v) is 16.6. The van der Waals surface area contributed by atoms with Crippen molar-refractivity contribution in [3.05, 3.63) is 11.8 Å². The van der Waals surface area contributed by atoms with Gasteiger partial charge in [-0.25, -0.2) is 4.79 Å². The first-order chi connectivity index (χ1) is 11.4. The van der Waals surface area contributed by atoms with Crippen LogP contribution in [0.15, 0.2) is 11.8 Å². The van der Waals surface area contributed by atoms with Gasteiger partial charge < -0.3 is 8.92 Å². The zero-order chi connectivity index (χ0) is 20.6. The first-order valence-electron chi connectivity index (χ1n) is 8.12. The van der Waals surface area contributed by atoms with Crippen LogP contribution in [0.1, 0.15) is 54.4 Å². The Kier molecular flexibility index (Phi) is 6.33. The predicted molar refractivity (Wildman–Crippen MR) is 89.6 cm³/mol. The molecule has 0 saturated heterocycles. The molecule has 0 bridgehead atoms. The number of carbonyl (C=O) groups excluding carboxylic acids is 1. The van der Waals surface area contributed by atoms with Crippen LogP contribution in [0.5, 0.6) is 0 Å². The number of alkyl halides is 3. The number of hydrogen-bond acceptors (Lipinski definition) is 5. The van der Waals surface area contributed by atoms with Crippen LogP contribution in [0.2, 0.25) is 0 Å². The van der Waals surface area contributed by atoms with Crippen molar-refractivity contribution in [3.63, 3.8) is 0 Å². The molecule has 152 valence electrons. The molecule has 6 nitrogen and oxygen atoms in total. The van der Waals surface area contributed by atoms with Crippen molar-refractivity contribution in [2.24, 2.45) is 5.41 Å². The van der Waals surface area contributed by atoms with E-state index in [0.717, 1.165) is 0 Å². The summed E-state index contributed by atoms with van der Waals surface area (Å²) >= 11 is 0. The third kappa shape index (κ3) is 6.69. The van der Waals surface area contributed by atoms with Gasteiger partial charge in [-0.1, -0.05) is 20.8 Å². The van der Waals surface area contributed by atoms with Gasteiger partial charge in [-0.3, -0.25) is 4.90 Å². The second kappa shape index (κ2) is 7.28. The molecule has 0 radical (unpaired) electrons. The maximum atomic E-state index is 12.5. The van der Waals surface area contributed by atoms with Gasteiger partial charge >= 0.3 is 21.7 Å². The summed E-state index contributed by atoms with van der Waals surface area (Å²) in [5, 5.41) is 0. The van der Waals surface area contributed by atoms with Gasteiger partial charge in [0.05, 0.1) is 12.6 Å². The number of ether oxygens (including phenoxy) is 1. The van der Waals surface area contributed by atoms with Crippen molar-refractivity contribution in [1.82, 2.24) is 4.90 Å². The summed E-state index contributed by atoms with van der Waals surface area (Å²) < 4.78 is 69.4. The van der Waals surface area contributed by atoms with Gasteiger partial charge in [0, 0.05) is 0 Å². The van der Waals surface area contributed by atoms with Crippen LogP contribution in [-0.2, 0) is 19.0 Å². The molecule has 0 fully saturated rings. The topological polar surface area (TPSA) is 72.9 Å². The van der Waals surface area contributed by atoms with Gasteiger partial charge in [0.15, 0.2) is 0 Å². The Balaban J connectivity index is 3.00. The van der Waals surface area contributed by atoms with Crippen molar-refractivity contribution < 1.29 is 35.3 Å². The Labute approximate surface area is 152 Å². The van der Waals surface area contributed by atoms with Gasteiger partial charge in [-0.15, -0.1) is 0 Å². The van der Waals surface area contributed by atoms with Crippen molar-refractivity contribution in [3.8, 4) is 0 Å². The first kappa shape index (κ1) is 22.6. The average molecular weight is 401 g/mol. The smallest absolute Gasteiger partial charge is 0.444 e. The molecule has 0 aromatic carbocycles. The molecule has 0 aromatic heterocycles. The van der Waals surface area contributed by atoms with Crippen LogP contribution >= 0.6 is 0 Å². The molecule has 1 rings (SSSR count). The molecular formula is C16H26F3NO5S. The summed E-state index contributed by atoms with van der Waals surface area (Å²) in [6.07, 6.45) is 1.59. The second-order valence-corrected chi connectivity index (χ2v) is 9.93. The molecule has 1 heterocycles. The number of halogens is 3. The number of hydrogen-bond donors (Lipinski definition) is 0. The highest BCUT2D eigenvalue weighted by Gasteiger charge is 2.49. The second-order valence-electron chi connectivity index (χ2n) is 8.39. The summed E-state index contributed by atoms with van der Waals surface area (Å²) in [6, 6.07) is -0.609. The van der Waals surface area contributed by atoms with Crippen LogP contribution in [0, 0.1) is 5.41 Å². The van der Waals surface area contributed by atoms with Crippen LogP contribution in [0.25, 0.3) is 0 Å². The van der Waals surface area contributed by atoms with E-state index < -0.39 is 45.7 Å². The number of rotatable bonds is 4. The van der Waals surface area contributed by atoms with E-state index in [2.05, 4.69) is 4.18 Å². The maximum Gasteiger partial charge on any atom is 0.534 e. The average Bonchev–Trinajstić information content (AvgIpc) is 2.74. The Morgan fingerprint density at radius 1 is 1.19 bits per heavy atom. The number of carbonyl (C=O) groups is 1. The highest BCUT2D eigenvalue weighted by molar-refractivity contribution is 7.87. The largest absolute Gasteiger partial charge is 0.534 e. The highest BCUT2D eigenvalue weighted by atomic mass is 32.2. The molecule has 1 amide bonds. The highest BCUT2D eigenvalue weighted by Crippen LogP contribution is 2.32. The quantitative estimate of drug-likeness (QED) is 0.522. The van der Waals surface area contributed by atoms with Crippen LogP contribution < -0.4 is 0 Å².